The minimum Gasteiger partial charge on any atom is -0.480 e. The van der Waals surface area contributed by atoms with E-state index in [9.17, 15) is 13.2 Å². The summed E-state index contributed by atoms with van der Waals surface area (Å²) in [7, 11) is -3.42. The first kappa shape index (κ1) is 13.8. The summed E-state index contributed by atoms with van der Waals surface area (Å²) in [6, 6.07) is 0. The zero-order valence-electron chi connectivity index (χ0n) is 10.5. The monoisotopic (exact) mass is 275 g/mol. The summed E-state index contributed by atoms with van der Waals surface area (Å²) in [6.07, 6.45) is 6.38. The molecule has 0 unspecified atom stereocenters. The highest BCUT2D eigenvalue weighted by molar-refractivity contribution is 7.89. The number of nitrogens with zero attached hydrogens (tertiary/aromatic N) is 1. The van der Waals surface area contributed by atoms with Crippen LogP contribution in [0.4, 0.5) is 0 Å². The van der Waals surface area contributed by atoms with Crippen LogP contribution < -0.4 is 0 Å². The van der Waals surface area contributed by atoms with Gasteiger partial charge in [0.1, 0.15) is 6.54 Å². The Labute approximate surface area is 108 Å². The topological polar surface area (TPSA) is 74.7 Å². The molecule has 0 heterocycles. The fraction of sp³-hybridized carbons (Fsp3) is 0.917. The summed E-state index contributed by atoms with van der Waals surface area (Å²) in [5, 5.41) is 8.52. The largest absolute Gasteiger partial charge is 0.480 e. The average molecular weight is 275 g/mol. The summed E-state index contributed by atoms with van der Waals surface area (Å²) in [6.45, 7) is 0.0144. The minimum absolute atomic E-state index is 0.357. The van der Waals surface area contributed by atoms with Gasteiger partial charge in [0.05, 0.1) is 5.25 Å². The Bertz CT molecular complexity index is 396. The van der Waals surface area contributed by atoms with E-state index >= 15 is 0 Å². The van der Waals surface area contributed by atoms with Crippen molar-refractivity contribution in [2.45, 2.75) is 50.2 Å². The molecule has 0 atom stereocenters. The molecule has 0 aromatic rings. The Morgan fingerprint density at radius 1 is 1.11 bits per heavy atom. The van der Waals surface area contributed by atoms with Gasteiger partial charge in [-0.05, 0) is 31.6 Å². The number of rotatable bonds is 6. The molecule has 2 fully saturated rings. The molecule has 18 heavy (non-hydrogen) atoms. The zero-order valence-corrected chi connectivity index (χ0v) is 11.4. The van der Waals surface area contributed by atoms with Gasteiger partial charge in [0, 0.05) is 6.54 Å². The van der Waals surface area contributed by atoms with Crippen molar-refractivity contribution in [3.63, 3.8) is 0 Å². The number of carbonyl (C=O) groups is 1. The first-order valence-corrected chi connectivity index (χ1v) is 8.21. The maximum absolute atomic E-state index is 12.4. The van der Waals surface area contributed by atoms with Gasteiger partial charge in [-0.1, -0.05) is 19.3 Å². The summed E-state index contributed by atoms with van der Waals surface area (Å²) >= 11 is 0. The zero-order chi connectivity index (χ0) is 13.2. The maximum atomic E-state index is 12.4. The van der Waals surface area contributed by atoms with E-state index in [2.05, 4.69) is 0 Å². The molecule has 0 saturated heterocycles. The van der Waals surface area contributed by atoms with Crippen LogP contribution in [-0.2, 0) is 14.8 Å². The molecule has 0 amide bonds. The molecule has 0 bridgehead atoms. The standard InChI is InChI=1S/C12H21NO4S/c14-12(15)9-13(8-10-6-7-10)18(16,17)11-4-2-1-3-5-11/h10-11H,1-9H2,(H,14,15). The van der Waals surface area contributed by atoms with Crippen LogP contribution in [0.3, 0.4) is 0 Å². The van der Waals surface area contributed by atoms with Crippen molar-refractivity contribution in [2.75, 3.05) is 13.1 Å². The molecule has 6 heteroatoms. The van der Waals surface area contributed by atoms with Gasteiger partial charge in [-0.15, -0.1) is 0 Å². The lowest BCUT2D eigenvalue weighted by Crippen LogP contribution is -2.43. The predicted octanol–water partition coefficient (Wildman–Crippen LogP) is 1.45. The van der Waals surface area contributed by atoms with Crippen LogP contribution >= 0.6 is 0 Å². The summed E-state index contributed by atoms with van der Waals surface area (Å²) < 4.78 is 26.1. The minimum atomic E-state index is -3.42. The second-order valence-electron chi connectivity index (χ2n) is 5.43. The van der Waals surface area contributed by atoms with E-state index in [0.29, 0.717) is 25.3 Å². The number of hydrogen-bond acceptors (Lipinski definition) is 3. The lowest BCUT2D eigenvalue weighted by molar-refractivity contribution is -0.137. The van der Waals surface area contributed by atoms with Crippen molar-refractivity contribution in [3.05, 3.63) is 0 Å². The Kier molecular flexibility index (Phi) is 4.27. The highest BCUT2D eigenvalue weighted by atomic mass is 32.2. The molecule has 2 rings (SSSR count). The number of carboxylic acids is 1. The Morgan fingerprint density at radius 3 is 2.22 bits per heavy atom. The van der Waals surface area contributed by atoms with Gasteiger partial charge in [0.2, 0.25) is 10.0 Å². The summed E-state index contributed by atoms with van der Waals surface area (Å²) in [4.78, 5) is 10.8. The van der Waals surface area contributed by atoms with Gasteiger partial charge in [-0.25, -0.2) is 8.42 Å². The summed E-state index contributed by atoms with van der Waals surface area (Å²) in [5.41, 5.74) is 0. The second-order valence-corrected chi connectivity index (χ2v) is 7.65. The van der Waals surface area contributed by atoms with Gasteiger partial charge in [0.15, 0.2) is 0 Å². The van der Waals surface area contributed by atoms with E-state index in [-0.39, 0.29) is 11.8 Å². The molecular formula is C12H21NO4S. The van der Waals surface area contributed by atoms with E-state index in [4.69, 9.17) is 5.11 Å². The number of sulfonamides is 1. The van der Waals surface area contributed by atoms with Gasteiger partial charge >= 0.3 is 5.97 Å². The van der Waals surface area contributed by atoms with Gasteiger partial charge in [-0.3, -0.25) is 4.79 Å². The Balaban J connectivity index is 2.07. The van der Waals surface area contributed by atoms with Crippen molar-refractivity contribution in [1.82, 2.24) is 4.31 Å². The highest BCUT2D eigenvalue weighted by Gasteiger charge is 2.37. The van der Waals surface area contributed by atoms with Crippen molar-refractivity contribution in [1.29, 1.82) is 0 Å². The SMILES string of the molecule is O=C(O)CN(CC1CC1)S(=O)(=O)C1CCCCC1. The van der Waals surface area contributed by atoms with Gasteiger partial charge in [0.25, 0.3) is 0 Å². The smallest absolute Gasteiger partial charge is 0.318 e. The highest BCUT2D eigenvalue weighted by Crippen LogP contribution is 2.32. The fourth-order valence-corrected chi connectivity index (χ4v) is 4.63. The molecule has 104 valence electrons. The third-order valence-electron chi connectivity index (χ3n) is 3.80. The number of hydrogen-bond donors (Lipinski definition) is 1. The first-order chi connectivity index (χ1) is 8.50. The molecule has 0 aromatic carbocycles. The lowest BCUT2D eigenvalue weighted by Gasteiger charge is -2.28. The van der Waals surface area contributed by atoms with Crippen LogP contribution in [-0.4, -0.2) is 42.1 Å². The normalized spacial score (nSPS) is 22.3. The van der Waals surface area contributed by atoms with E-state index in [1.807, 2.05) is 0 Å². The Morgan fingerprint density at radius 2 is 1.72 bits per heavy atom. The van der Waals surface area contributed by atoms with E-state index in [1.165, 1.54) is 4.31 Å². The summed E-state index contributed by atoms with van der Waals surface area (Å²) in [5.74, 6) is -0.683. The van der Waals surface area contributed by atoms with Gasteiger partial charge < -0.3 is 5.11 Å². The molecule has 0 aromatic heterocycles. The second kappa shape index (κ2) is 5.57. The molecule has 2 aliphatic rings. The average Bonchev–Trinajstić information content (AvgIpc) is 3.13. The maximum Gasteiger partial charge on any atom is 0.318 e. The van der Waals surface area contributed by atoms with E-state index in [1.54, 1.807) is 0 Å². The fourth-order valence-electron chi connectivity index (χ4n) is 2.57. The predicted molar refractivity (Wildman–Crippen MR) is 67.7 cm³/mol. The third kappa shape index (κ3) is 3.45. The van der Waals surface area contributed by atoms with Crippen molar-refractivity contribution < 1.29 is 18.3 Å². The molecule has 5 nitrogen and oxygen atoms in total. The van der Waals surface area contributed by atoms with Crippen LogP contribution in [0.15, 0.2) is 0 Å². The first-order valence-electron chi connectivity index (χ1n) is 6.71. The van der Waals surface area contributed by atoms with Crippen LogP contribution in [0.1, 0.15) is 44.9 Å². The molecule has 2 saturated carbocycles. The van der Waals surface area contributed by atoms with Crippen LogP contribution in [0.5, 0.6) is 0 Å². The van der Waals surface area contributed by atoms with Crippen molar-refractivity contribution in [2.24, 2.45) is 5.92 Å². The lowest BCUT2D eigenvalue weighted by atomic mass is 10.0. The molecular weight excluding hydrogens is 254 g/mol. The molecule has 2 aliphatic carbocycles. The van der Waals surface area contributed by atoms with E-state index < -0.39 is 16.0 Å². The third-order valence-corrected chi connectivity index (χ3v) is 6.12. The van der Waals surface area contributed by atoms with Crippen LogP contribution in [0.25, 0.3) is 0 Å². The molecule has 0 aliphatic heterocycles. The molecule has 0 spiro atoms. The quantitative estimate of drug-likeness (QED) is 0.796. The molecule has 1 N–H and O–H groups in total. The number of aliphatic carboxylic acids is 1. The Hall–Kier alpha value is -0.620. The molecule has 0 radical (unpaired) electrons. The van der Waals surface area contributed by atoms with Crippen LogP contribution in [0, 0.1) is 5.92 Å². The van der Waals surface area contributed by atoms with Crippen molar-refractivity contribution >= 4 is 16.0 Å². The van der Waals surface area contributed by atoms with Crippen LogP contribution in [0.2, 0.25) is 0 Å². The number of carboxylic acid groups (broad SMARTS) is 1. The van der Waals surface area contributed by atoms with Gasteiger partial charge in [-0.2, -0.15) is 4.31 Å². The van der Waals surface area contributed by atoms with E-state index in [0.717, 1.165) is 32.1 Å². The van der Waals surface area contributed by atoms with Crippen molar-refractivity contribution in [3.8, 4) is 0 Å².